The Labute approximate surface area is 165 Å². The summed E-state index contributed by atoms with van der Waals surface area (Å²) in [5, 5.41) is 10.8. The zero-order chi connectivity index (χ0) is 19.7. The molecule has 142 valence electrons. The molecule has 11 heteroatoms. The number of hydrogen-bond donors (Lipinski definition) is 1. The lowest BCUT2D eigenvalue weighted by atomic mass is 10.2. The molecular weight excluding hydrogens is 405 g/mol. The van der Waals surface area contributed by atoms with Gasteiger partial charge >= 0.3 is 0 Å². The van der Waals surface area contributed by atoms with E-state index >= 15 is 0 Å². The smallest absolute Gasteiger partial charge is 0.287 e. The minimum atomic E-state index is -0.491. The van der Waals surface area contributed by atoms with Crippen molar-refractivity contribution in [1.29, 1.82) is 0 Å². The maximum Gasteiger partial charge on any atom is 0.287 e. The van der Waals surface area contributed by atoms with Crippen molar-refractivity contribution in [2.75, 3.05) is 5.32 Å². The Balaban J connectivity index is 1.42. The van der Waals surface area contributed by atoms with Crippen molar-refractivity contribution < 1.29 is 13.7 Å². The normalized spacial score (nSPS) is 11.1. The predicted molar refractivity (Wildman–Crippen MR) is 102 cm³/mol. The van der Waals surface area contributed by atoms with Crippen LogP contribution >= 0.6 is 23.1 Å². The third kappa shape index (κ3) is 3.94. The van der Waals surface area contributed by atoms with Gasteiger partial charge in [0.15, 0.2) is 9.99 Å². The molecule has 3 heterocycles. The van der Waals surface area contributed by atoms with Crippen LogP contribution in [0.2, 0.25) is 0 Å². The Morgan fingerprint density at radius 2 is 2.18 bits per heavy atom. The van der Waals surface area contributed by atoms with Gasteiger partial charge in [-0.05, 0) is 25.1 Å². The number of amides is 1. The lowest BCUT2D eigenvalue weighted by Gasteiger charge is -2.00. The molecule has 0 radical (unpaired) electrons. The van der Waals surface area contributed by atoms with Crippen LogP contribution in [-0.4, -0.2) is 25.7 Å². The van der Waals surface area contributed by atoms with E-state index in [2.05, 4.69) is 20.5 Å². The zero-order valence-electron chi connectivity index (χ0n) is 14.4. The van der Waals surface area contributed by atoms with E-state index in [1.54, 1.807) is 13.0 Å². The standard InChI is InChI=1S/C17H12FN5O3S2/c1-9-5-13-19-12(7-14(24)23(13)26-9)8-27-17-22-21-16(28-17)20-15(25)10-3-2-4-11(18)6-10/h2-7H,8H2,1H3,(H,20,21,25). The van der Waals surface area contributed by atoms with Crippen molar-refractivity contribution in [3.8, 4) is 0 Å². The van der Waals surface area contributed by atoms with Gasteiger partial charge in [-0.25, -0.2) is 9.37 Å². The van der Waals surface area contributed by atoms with Crippen molar-refractivity contribution >= 4 is 39.8 Å². The molecule has 0 aliphatic rings. The monoisotopic (exact) mass is 417 g/mol. The second kappa shape index (κ2) is 7.52. The molecular formula is C17H12FN5O3S2. The van der Waals surface area contributed by atoms with Gasteiger partial charge in [0.05, 0.1) is 5.69 Å². The van der Waals surface area contributed by atoms with Gasteiger partial charge < -0.3 is 4.52 Å². The highest BCUT2D eigenvalue weighted by molar-refractivity contribution is 8.00. The molecule has 1 amide bonds. The zero-order valence-corrected chi connectivity index (χ0v) is 16.0. The number of nitrogens with one attached hydrogen (secondary N) is 1. The highest BCUT2D eigenvalue weighted by Crippen LogP contribution is 2.28. The average molecular weight is 417 g/mol. The lowest BCUT2D eigenvalue weighted by molar-refractivity contribution is 0.102. The van der Waals surface area contributed by atoms with Crippen LogP contribution in [0.4, 0.5) is 9.52 Å². The molecule has 0 aliphatic carbocycles. The summed E-state index contributed by atoms with van der Waals surface area (Å²) in [6.07, 6.45) is 0. The number of rotatable bonds is 5. The average Bonchev–Trinajstić information content (AvgIpc) is 3.26. The van der Waals surface area contributed by atoms with E-state index in [4.69, 9.17) is 4.52 Å². The fourth-order valence-electron chi connectivity index (χ4n) is 2.40. The third-order valence-electron chi connectivity index (χ3n) is 3.58. The summed E-state index contributed by atoms with van der Waals surface area (Å²) in [5.74, 6) is 0.0387. The number of aromatic nitrogens is 4. The van der Waals surface area contributed by atoms with Gasteiger partial charge in [-0.15, -0.1) is 14.8 Å². The van der Waals surface area contributed by atoms with Crippen LogP contribution in [0.15, 0.2) is 50.1 Å². The van der Waals surface area contributed by atoms with E-state index in [9.17, 15) is 14.0 Å². The van der Waals surface area contributed by atoms with Crippen LogP contribution in [0.5, 0.6) is 0 Å². The summed E-state index contributed by atoms with van der Waals surface area (Å²) in [6.45, 7) is 1.74. The quantitative estimate of drug-likeness (QED) is 0.393. The van der Waals surface area contributed by atoms with Crippen molar-refractivity contribution in [3.05, 3.63) is 69.6 Å². The number of anilines is 1. The fraction of sp³-hybridized carbons (Fsp3) is 0.118. The van der Waals surface area contributed by atoms with Gasteiger partial charge in [-0.1, -0.05) is 29.2 Å². The molecule has 0 unspecified atom stereocenters. The van der Waals surface area contributed by atoms with Gasteiger partial charge in [0.1, 0.15) is 11.6 Å². The number of carbonyl (C=O) groups excluding carboxylic acids is 1. The molecule has 3 aromatic heterocycles. The second-order valence-electron chi connectivity index (χ2n) is 5.71. The highest BCUT2D eigenvalue weighted by Gasteiger charge is 2.12. The molecule has 1 aromatic carbocycles. The molecule has 8 nitrogen and oxygen atoms in total. The lowest BCUT2D eigenvalue weighted by Crippen LogP contribution is -2.12. The van der Waals surface area contributed by atoms with Crippen LogP contribution in [0.3, 0.4) is 0 Å². The number of benzene rings is 1. The maximum atomic E-state index is 13.2. The highest BCUT2D eigenvalue weighted by atomic mass is 32.2. The Hall–Kier alpha value is -3.05. The van der Waals surface area contributed by atoms with Crippen molar-refractivity contribution in [1.82, 2.24) is 19.8 Å². The first-order valence-electron chi connectivity index (χ1n) is 8.01. The van der Waals surface area contributed by atoms with E-state index < -0.39 is 11.7 Å². The molecule has 0 atom stereocenters. The molecule has 0 fully saturated rings. The number of carbonyl (C=O) groups is 1. The van der Waals surface area contributed by atoms with E-state index in [1.807, 2.05) is 0 Å². The summed E-state index contributed by atoms with van der Waals surface area (Å²) in [5.41, 5.74) is 0.920. The van der Waals surface area contributed by atoms with Crippen LogP contribution in [0.1, 0.15) is 21.8 Å². The molecule has 0 bridgehead atoms. The Morgan fingerprint density at radius 1 is 1.32 bits per heavy atom. The summed E-state index contributed by atoms with van der Waals surface area (Å²) < 4.78 is 20.2. The number of aryl methyl sites for hydroxylation is 1. The largest absolute Gasteiger partial charge is 0.375 e. The maximum absolute atomic E-state index is 13.2. The number of hydrogen-bond acceptors (Lipinski definition) is 8. The Morgan fingerprint density at radius 3 is 3.00 bits per heavy atom. The Bertz CT molecular complexity index is 1230. The predicted octanol–water partition coefficient (Wildman–Crippen LogP) is 3.13. The molecule has 28 heavy (non-hydrogen) atoms. The third-order valence-corrected chi connectivity index (χ3v) is 5.59. The van der Waals surface area contributed by atoms with Crippen LogP contribution in [0, 0.1) is 12.7 Å². The first-order valence-corrected chi connectivity index (χ1v) is 9.81. The van der Waals surface area contributed by atoms with Crippen LogP contribution in [-0.2, 0) is 5.75 Å². The number of fused-ring (bicyclic) bond motifs is 1. The van der Waals surface area contributed by atoms with E-state index in [0.717, 1.165) is 10.6 Å². The van der Waals surface area contributed by atoms with Crippen molar-refractivity contribution in [2.45, 2.75) is 17.0 Å². The fourth-order valence-corrected chi connectivity index (χ4v) is 4.04. The summed E-state index contributed by atoms with van der Waals surface area (Å²) in [6, 6.07) is 8.45. The van der Waals surface area contributed by atoms with E-state index in [1.165, 1.54) is 47.4 Å². The molecule has 0 saturated heterocycles. The summed E-state index contributed by atoms with van der Waals surface area (Å²) in [4.78, 5) is 28.5. The van der Waals surface area contributed by atoms with Crippen molar-refractivity contribution in [2.24, 2.45) is 0 Å². The van der Waals surface area contributed by atoms with Gasteiger partial charge in [0.25, 0.3) is 11.5 Å². The number of thioether (sulfide) groups is 1. The van der Waals surface area contributed by atoms with Crippen LogP contribution < -0.4 is 10.9 Å². The van der Waals surface area contributed by atoms with E-state index in [-0.39, 0.29) is 11.1 Å². The van der Waals surface area contributed by atoms with Crippen LogP contribution in [0.25, 0.3) is 5.65 Å². The first-order chi connectivity index (χ1) is 13.5. The second-order valence-corrected chi connectivity index (χ2v) is 7.91. The molecule has 0 saturated carbocycles. The van der Waals surface area contributed by atoms with Gasteiger partial charge in [0, 0.05) is 23.4 Å². The van der Waals surface area contributed by atoms with Gasteiger partial charge in [-0.3, -0.25) is 14.9 Å². The van der Waals surface area contributed by atoms with Gasteiger partial charge in [0.2, 0.25) is 5.13 Å². The first kappa shape index (κ1) is 18.3. The number of nitrogens with zero attached hydrogens (tertiary/aromatic N) is 4. The number of halogens is 1. The summed E-state index contributed by atoms with van der Waals surface area (Å²) in [7, 11) is 0. The summed E-state index contributed by atoms with van der Waals surface area (Å²) >= 11 is 2.51. The topological polar surface area (TPSA) is 102 Å². The minimum absolute atomic E-state index is 0.192. The molecule has 0 spiro atoms. The van der Waals surface area contributed by atoms with Gasteiger partial charge in [-0.2, -0.15) is 0 Å². The minimum Gasteiger partial charge on any atom is -0.375 e. The molecule has 4 aromatic rings. The Kier molecular flexibility index (Phi) is 4.92. The van der Waals surface area contributed by atoms with E-state index in [0.29, 0.717) is 32.3 Å². The molecule has 1 N–H and O–H groups in total. The molecule has 4 rings (SSSR count). The molecule has 0 aliphatic heterocycles. The SMILES string of the molecule is Cc1cc2nc(CSc3nnc(NC(=O)c4cccc(F)c4)s3)cc(=O)n2o1. The van der Waals surface area contributed by atoms with Crippen molar-refractivity contribution in [3.63, 3.8) is 0 Å².